The quantitative estimate of drug-likeness (QED) is 0.602. The fraction of sp³-hybridized carbons (Fsp3) is 0.250. The summed E-state index contributed by atoms with van der Waals surface area (Å²) in [6.45, 7) is 0.416. The number of hydrogen-bond acceptors (Lipinski definition) is 5. The second-order valence-corrected chi connectivity index (χ2v) is 7.64. The molecule has 1 amide bonds. The first-order valence-corrected chi connectivity index (χ1v) is 9.36. The second kappa shape index (κ2) is 6.89. The summed E-state index contributed by atoms with van der Waals surface area (Å²) in [5.74, 6) is 0.821. The predicted octanol–water partition coefficient (Wildman–Crippen LogP) is 3.97. The lowest BCUT2D eigenvalue weighted by Crippen LogP contribution is -2.31. The van der Waals surface area contributed by atoms with Crippen LogP contribution in [0.1, 0.15) is 11.3 Å². The minimum absolute atomic E-state index is 0.0698. The zero-order valence-electron chi connectivity index (χ0n) is 12.0. The molecule has 22 heavy (non-hydrogen) atoms. The van der Waals surface area contributed by atoms with Crippen molar-refractivity contribution in [2.75, 3.05) is 6.26 Å². The highest BCUT2D eigenvalue weighted by atomic mass is 32.2. The summed E-state index contributed by atoms with van der Waals surface area (Å²) in [7, 11) is 0. The Kier molecular flexibility index (Phi) is 4.90. The fourth-order valence-electron chi connectivity index (χ4n) is 2.31. The van der Waals surface area contributed by atoms with E-state index >= 15 is 0 Å². The summed E-state index contributed by atoms with van der Waals surface area (Å²) in [5, 5.41) is -0.136. The smallest absolute Gasteiger partial charge is 0.242 e. The molecule has 1 aliphatic heterocycles. The highest BCUT2D eigenvalue weighted by Crippen LogP contribution is 2.31. The molecule has 114 valence electrons. The molecule has 0 spiro atoms. The van der Waals surface area contributed by atoms with Gasteiger partial charge in [-0.25, -0.2) is 0 Å². The van der Waals surface area contributed by atoms with Crippen molar-refractivity contribution in [1.82, 2.24) is 4.90 Å². The number of rotatable bonds is 5. The molecule has 1 fully saturated rings. The lowest BCUT2D eigenvalue weighted by atomic mass is 10.1. The lowest BCUT2D eigenvalue weighted by molar-refractivity contribution is -0.126. The standard InChI is InChI=1S/C16H15NO2S3/c1-21-13-6-4-11(5-7-13)9-14-15(18)17(16(20)22-14)10-12-3-2-8-19-12/h2-8,14H,9-10H2,1H3/t14-/m1/s1. The third kappa shape index (κ3) is 3.39. The first-order chi connectivity index (χ1) is 10.7. The Labute approximate surface area is 143 Å². The first-order valence-electron chi connectivity index (χ1n) is 6.84. The Bertz CT molecular complexity index is 667. The van der Waals surface area contributed by atoms with Crippen LogP contribution in [0.5, 0.6) is 0 Å². The topological polar surface area (TPSA) is 33.5 Å². The Hall–Kier alpha value is -1.24. The molecule has 0 bridgehead atoms. The molecule has 1 saturated heterocycles. The van der Waals surface area contributed by atoms with Gasteiger partial charge in [-0.3, -0.25) is 9.69 Å². The van der Waals surface area contributed by atoms with E-state index in [2.05, 4.69) is 30.5 Å². The molecule has 1 aromatic carbocycles. The third-order valence-corrected chi connectivity index (χ3v) is 5.81. The van der Waals surface area contributed by atoms with E-state index in [1.54, 1.807) is 22.9 Å². The van der Waals surface area contributed by atoms with Gasteiger partial charge >= 0.3 is 0 Å². The molecule has 2 aromatic rings. The van der Waals surface area contributed by atoms with Gasteiger partial charge in [0.1, 0.15) is 10.1 Å². The number of thioether (sulfide) groups is 2. The molecule has 0 unspecified atom stereocenters. The number of amides is 1. The van der Waals surface area contributed by atoms with E-state index in [4.69, 9.17) is 16.6 Å². The van der Waals surface area contributed by atoms with Crippen molar-refractivity contribution >= 4 is 46.0 Å². The molecular weight excluding hydrogens is 334 g/mol. The van der Waals surface area contributed by atoms with Gasteiger partial charge in [0.2, 0.25) is 5.91 Å². The van der Waals surface area contributed by atoms with E-state index in [1.807, 2.05) is 12.1 Å². The molecular formula is C16H15NO2S3. The van der Waals surface area contributed by atoms with Gasteiger partial charge in [-0.05, 0) is 42.5 Å². The van der Waals surface area contributed by atoms with Gasteiger partial charge < -0.3 is 4.42 Å². The summed E-state index contributed by atoms with van der Waals surface area (Å²) < 4.78 is 5.94. The average molecular weight is 350 g/mol. The van der Waals surface area contributed by atoms with Crippen LogP contribution < -0.4 is 0 Å². The van der Waals surface area contributed by atoms with Gasteiger partial charge in [-0.2, -0.15) is 0 Å². The highest BCUT2D eigenvalue weighted by molar-refractivity contribution is 8.24. The zero-order chi connectivity index (χ0) is 15.5. The molecule has 0 radical (unpaired) electrons. The van der Waals surface area contributed by atoms with Gasteiger partial charge in [0.25, 0.3) is 0 Å². The molecule has 1 aromatic heterocycles. The van der Waals surface area contributed by atoms with Crippen molar-refractivity contribution in [3.8, 4) is 0 Å². The fourth-order valence-corrected chi connectivity index (χ4v) is 4.25. The lowest BCUT2D eigenvalue weighted by Gasteiger charge is -2.13. The number of nitrogens with zero attached hydrogens (tertiary/aromatic N) is 1. The first kappa shape index (κ1) is 15.6. The van der Waals surface area contributed by atoms with Gasteiger partial charge in [-0.1, -0.05) is 36.1 Å². The Morgan fingerprint density at radius 1 is 1.32 bits per heavy atom. The minimum atomic E-state index is -0.136. The van der Waals surface area contributed by atoms with Crippen molar-refractivity contribution in [1.29, 1.82) is 0 Å². The van der Waals surface area contributed by atoms with Crippen LogP contribution in [0.4, 0.5) is 0 Å². The normalized spacial score (nSPS) is 18.2. The maximum Gasteiger partial charge on any atom is 0.242 e. The highest BCUT2D eigenvalue weighted by Gasteiger charge is 2.37. The van der Waals surface area contributed by atoms with Crippen LogP contribution in [0.2, 0.25) is 0 Å². The number of carbonyl (C=O) groups excluding carboxylic acids is 1. The largest absolute Gasteiger partial charge is 0.467 e. The minimum Gasteiger partial charge on any atom is -0.467 e. The summed E-state index contributed by atoms with van der Waals surface area (Å²) in [6, 6.07) is 12.0. The van der Waals surface area contributed by atoms with E-state index in [-0.39, 0.29) is 11.2 Å². The Balaban J connectivity index is 1.67. The van der Waals surface area contributed by atoms with Crippen molar-refractivity contribution in [2.45, 2.75) is 23.1 Å². The van der Waals surface area contributed by atoms with Crippen molar-refractivity contribution in [3.63, 3.8) is 0 Å². The van der Waals surface area contributed by atoms with Gasteiger partial charge in [0.05, 0.1) is 18.1 Å². The number of hydrogen-bond donors (Lipinski definition) is 0. The molecule has 6 heteroatoms. The molecule has 3 rings (SSSR count). The van der Waals surface area contributed by atoms with Gasteiger partial charge in [0, 0.05) is 4.90 Å². The molecule has 0 N–H and O–H groups in total. The van der Waals surface area contributed by atoms with Crippen molar-refractivity contribution < 1.29 is 9.21 Å². The van der Waals surface area contributed by atoms with Crippen molar-refractivity contribution in [3.05, 3.63) is 54.0 Å². The van der Waals surface area contributed by atoms with Crippen LogP contribution in [0.15, 0.2) is 52.0 Å². The summed E-state index contributed by atoms with van der Waals surface area (Å²) >= 11 is 8.53. The van der Waals surface area contributed by atoms with Crippen LogP contribution in [0.25, 0.3) is 0 Å². The molecule has 1 aliphatic rings. The van der Waals surface area contributed by atoms with E-state index < -0.39 is 0 Å². The second-order valence-electron chi connectivity index (χ2n) is 4.93. The third-order valence-electron chi connectivity index (χ3n) is 3.48. The monoisotopic (exact) mass is 349 g/mol. The van der Waals surface area contributed by atoms with E-state index in [1.165, 1.54) is 16.7 Å². The SMILES string of the molecule is CSc1ccc(C[C@H]2SC(=S)N(Cc3ccco3)C2=O)cc1. The zero-order valence-corrected chi connectivity index (χ0v) is 14.5. The average Bonchev–Trinajstić information content (AvgIpc) is 3.13. The summed E-state index contributed by atoms with van der Waals surface area (Å²) in [4.78, 5) is 15.4. The van der Waals surface area contributed by atoms with Crippen LogP contribution in [-0.4, -0.2) is 26.6 Å². The van der Waals surface area contributed by atoms with Crippen LogP contribution >= 0.6 is 35.7 Å². The molecule has 1 atom stereocenters. The van der Waals surface area contributed by atoms with Crippen molar-refractivity contribution in [2.24, 2.45) is 0 Å². The van der Waals surface area contributed by atoms with Crippen LogP contribution in [0.3, 0.4) is 0 Å². The Morgan fingerprint density at radius 2 is 2.09 bits per heavy atom. The number of benzene rings is 1. The summed E-state index contributed by atoms with van der Waals surface area (Å²) in [6.07, 6.45) is 4.36. The number of thiocarbonyl (C=S) groups is 1. The molecule has 0 aliphatic carbocycles. The Morgan fingerprint density at radius 3 is 2.73 bits per heavy atom. The van der Waals surface area contributed by atoms with Gasteiger partial charge in [-0.15, -0.1) is 11.8 Å². The molecule has 3 nitrogen and oxygen atoms in total. The van der Waals surface area contributed by atoms with Crippen LogP contribution in [-0.2, 0) is 17.8 Å². The molecule has 0 saturated carbocycles. The van der Waals surface area contributed by atoms with Crippen LogP contribution in [0, 0.1) is 0 Å². The number of furan rings is 1. The molecule has 2 heterocycles. The predicted molar refractivity (Wildman–Crippen MR) is 95.2 cm³/mol. The maximum absolute atomic E-state index is 12.5. The van der Waals surface area contributed by atoms with Gasteiger partial charge in [0.15, 0.2) is 0 Å². The summed E-state index contributed by atoms with van der Waals surface area (Å²) in [5.41, 5.74) is 1.16. The van der Waals surface area contributed by atoms with E-state index in [0.717, 1.165) is 11.3 Å². The van der Waals surface area contributed by atoms with E-state index in [9.17, 15) is 4.79 Å². The number of carbonyl (C=O) groups is 1. The van der Waals surface area contributed by atoms with E-state index in [0.29, 0.717) is 17.3 Å². The maximum atomic E-state index is 12.5.